The number of nitrogens with one attached hydrogen (secondary N) is 2. The third-order valence-electron chi connectivity index (χ3n) is 28.1. The highest BCUT2D eigenvalue weighted by Gasteiger charge is 2.54. The maximum Gasteiger partial charge on any atom is 0.264 e. The molecule has 4 aromatic carbocycles. The van der Waals surface area contributed by atoms with E-state index in [0.29, 0.717) is 112 Å². The highest BCUT2D eigenvalue weighted by molar-refractivity contribution is 7.91. The zero-order valence-corrected chi connectivity index (χ0v) is 67.0. The maximum atomic E-state index is 14.6. The minimum absolute atomic E-state index is 0.203. The van der Waals surface area contributed by atoms with Crippen LogP contribution in [0.5, 0.6) is 11.5 Å². The van der Waals surface area contributed by atoms with E-state index in [1.54, 1.807) is 26.0 Å². The SMILES string of the molecule is CO[C@]1(CN2CCN3CC[C@H](F)C[C@@H]3C2)/C=C/C[C@H](C)[C@@H](C)S(=O)(=O)NC(=O)c2ccc3c(c2)N(C[C@@H]2CC[C@H]21)C[C@@]1(CCCc2cc(Cl)ccc21)CO3.CO[C@]1(CN2CCN3CC[C@H](F)C[C@H]3C2)/C=C/C[C@H](C)[C@@H](C)S(=O)(=O)NC(=O)c2ccc3c(c2)N(C[C@@H]2CC[C@H]21)C[C@@]1(CCCc2cc(Cl)ccc21)CO3. The quantitative estimate of drug-likeness (QED) is 0.174. The van der Waals surface area contributed by atoms with Crippen molar-refractivity contribution in [3.63, 3.8) is 0 Å². The fourth-order valence-corrected chi connectivity index (χ4v) is 23.9. The van der Waals surface area contributed by atoms with Crippen LogP contribution in [0.25, 0.3) is 0 Å². The molecule has 4 aliphatic carbocycles. The number of rotatable bonds is 6. The summed E-state index contributed by atoms with van der Waals surface area (Å²) >= 11 is 13.0. The largest absolute Gasteiger partial charge is 0.490 e. The van der Waals surface area contributed by atoms with Gasteiger partial charge < -0.3 is 28.7 Å². The molecule has 18 nitrogen and oxygen atoms in total. The molecule has 108 heavy (non-hydrogen) atoms. The van der Waals surface area contributed by atoms with Gasteiger partial charge in [0.2, 0.25) is 20.0 Å². The number of benzene rings is 4. The van der Waals surface area contributed by atoms with Crippen molar-refractivity contribution in [2.45, 2.75) is 187 Å². The molecule has 8 aliphatic heterocycles. The highest BCUT2D eigenvalue weighted by atomic mass is 35.5. The Kier molecular flexibility index (Phi) is 22.7. The minimum Gasteiger partial charge on any atom is -0.490 e. The van der Waals surface area contributed by atoms with Gasteiger partial charge in [0.05, 0.1) is 35.1 Å². The zero-order chi connectivity index (χ0) is 75.7. The number of carbonyl (C=O) groups excluding carboxylic acids is 2. The van der Waals surface area contributed by atoms with Crippen LogP contribution >= 0.6 is 23.2 Å². The summed E-state index contributed by atoms with van der Waals surface area (Å²) in [5.41, 5.74) is 5.45. The summed E-state index contributed by atoms with van der Waals surface area (Å²) in [5, 5.41) is -0.140. The van der Waals surface area contributed by atoms with E-state index < -0.39 is 65.9 Å². The van der Waals surface area contributed by atoms with Crippen LogP contribution in [0.1, 0.15) is 161 Å². The number of aryl methyl sites for hydroxylation is 2. The van der Waals surface area contributed by atoms with Gasteiger partial charge in [0, 0.05) is 150 Å². The molecule has 0 radical (unpaired) electrons. The number of sulfonamides is 2. The molecule has 4 bridgehead atoms. The topological polar surface area (TPSA) is 183 Å². The molecule has 8 heterocycles. The average Bonchev–Trinajstić information content (AvgIpc) is 1.15. The van der Waals surface area contributed by atoms with Crippen molar-refractivity contribution in [2.24, 2.45) is 35.5 Å². The van der Waals surface area contributed by atoms with Crippen molar-refractivity contribution >= 4 is 66.4 Å². The van der Waals surface area contributed by atoms with Crippen LogP contribution in [0.3, 0.4) is 0 Å². The van der Waals surface area contributed by atoms with Crippen LogP contribution in [-0.2, 0) is 53.2 Å². The normalized spacial score (nSPS) is 36.4. The van der Waals surface area contributed by atoms with Gasteiger partial charge in [-0.2, -0.15) is 0 Å². The van der Waals surface area contributed by atoms with E-state index in [-0.39, 0.29) is 46.6 Å². The van der Waals surface area contributed by atoms with E-state index in [4.69, 9.17) is 42.1 Å². The molecule has 16 rings (SSSR count). The average molecular weight is 1570 g/mol. The Morgan fingerprint density at radius 1 is 0.537 bits per heavy atom. The van der Waals surface area contributed by atoms with Crippen molar-refractivity contribution in [3.8, 4) is 11.5 Å². The first-order valence-electron chi connectivity index (χ1n) is 40.2. The Hall–Kier alpha value is -5.40. The summed E-state index contributed by atoms with van der Waals surface area (Å²) in [4.78, 5) is 42.0. The number of amides is 2. The second-order valence-electron chi connectivity index (χ2n) is 34.5. The van der Waals surface area contributed by atoms with Gasteiger partial charge >= 0.3 is 0 Å². The molecule has 2 spiro atoms. The van der Waals surface area contributed by atoms with Gasteiger partial charge in [-0.05, 0) is 235 Å². The number of hydrogen-bond donors (Lipinski definition) is 2. The summed E-state index contributed by atoms with van der Waals surface area (Å²) in [7, 11) is -4.33. The molecule has 24 heteroatoms. The number of hydrogen-bond acceptors (Lipinski definition) is 16. The number of allylic oxidation sites excluding steroid dienone is 2. The molecule has 2 saturated carbocycles. The summed E-state index contributed by atoms with van der Waals surface area (Å²) in [6.45, 7) is 19.4. The number of piperidine rings is 2. The van der Waals surface area contributed by atoms with Crippen LogP contribution in [0.2, 0.25) is 10.0 Å². The van der Waals surface area contributed by atoms with Gasteiger partial charge in [-0.15, -0.1) is 0 Å². The number of halogens is 4. The molecule has 4 aromatic rings. The molecular formula is C84H112Cl2F2N8O10S2. The molecule has 12 aliphatic rings. The van der Waals surface area contributed by atoms with Gasteiger partial charge in [-0.3, -0.25) is 29.2 Å². The number of fused-ring (bicyclic) bond motifs is 10. The third-order valence-corrected chi connectivity index (χ3v) is 32.4. The first kappa shape index (κ1) is 77.9. The number of alkyl halides is 2. The minimum atomic E-state index is -3.98. The Labute approximate surface area is 649 Å². The lowest BCUT2D eigenvalue weighted by Crippen LogP contribution is -2.62. The lowest BCUT2D eigenvalue weighted by atomic mass is 9.63. The predicted octanol–water partition coefficient (Wildman–Crippen LogP) is 12.8. The molecule has 2 N–H and O–H groups in total. The standard InChI is InChI=1S/2C42H56ClFN4O5S/c2*1-28-6-4-16-42(52-3,26-46-18-19-47-17-14-34(44)22-35(47)24-46)37-11-8-32(37)23-48-25-41(15-5-7-30-20-33(43)10-12-36(30)41)27-53-39-13-9-31(21-38(39)48)40(49)45-54(50,51)29(28)2/h2*4,9-10,12-13,16,20-21,28-29,32,34-35,37H,5-8,11,14-15,17-19,22-27H2,1-3H3,(H,45,49)/b2*16-4+/t28-,29+,32-,34-,35+,37+,41-,42-;28-,29+,32-,34-,35-,37+,41-,42-/m00/s1. The predicted molar refractivity (Wildman–Crippen MR) is 422 cm³/mol. The van der Waals surface area contributed by atoms with Crippen LogP contribution in [-0.4, -0.2) is 213 Å². The molecule has 0 unspecified atom stereocenters. The van der Waals surface area contributed by atoms with E-state index in [0.717, 1.165) is 151 Å². The first-order chi connectivity index (χ1) is 51.8. The number of ether oxygens (including phenoxy) is 4. The van der Waals surface area contributed by atoms with Crippen molar-refractivity contribution in [1.82, 2.24) is 29.0 Å². The van der Waals surface area contributed by atoms with E-state index in [1.807, 2.05) is 64.5 Å². The van der Waals surface area contributed by atoms with E-state index in [1.165, 1.54) is 22.3 Å². The Balaban J connectivity index is 0.000000172. The second-order valence-corrected chi connectivity index (χ2v) is 39.4. The lowest BCUT2D eigenvalue weighted by Gasteiger charge is -2.53. The number of carbonyl (C=O) groups is 2. The fourth-order valence-electron chi connectivity index (χ4n) is 21.0. The Bertz CT molecular complexity index is 4030. The molecule has 0 aromatic heterocycles. The maximum absolute atomic E-state index is 14.6. The molecular weight excluding hydrogens is 1450 g/mol. The fraction of sp³-hybridized carbons (Fsp3) is 0.643. The highest BCUT2D eigenvalue weighted by Crippen LogP contribution is 2.53. The van der Waals surface area contributed by atoms with E-state index in [2.05, 4.69) is 87.4 Å². The second kappa shape index (κ2) is 31.5. The van der Waals surface area contributed by atoms with Gasteiger partial charge in [-0.1, -0.05) is 73.5 Å². The third kappa shape index (κ3) is 15.6. The van der Waals surface area contributed by atoms with Crippen LogP contribution in [0.15, 0.2) is 97.1 Å². The van der Waals surface area contributed by atoms with Crippen LogP contribution in [0.4, 0.5) is 20.2 Å². The zero-order valence-electron chi connectivity index (χ0n) is 63.9. The Morgan fingerprint density at radius 2 is 0.963 bits per heavy atom. The van der Waals surface area contributed by atoms with Crippen molar-refractivity contribution < 1.29 is 54.2 Å². The molecule has 6 fully saturated rings. The van der Waals surface area contributed by atoms with Gasteiger partial charge in [-0.25, -0.2) is 35.1 Å². The number of methoxy groups -OCH3 is 2. The number of nitrogens with zero attached hydrogens (tertiary/aromatic N) is 6. The summed E-state index contributed by atoms with van der Waals surface area (Å²) < 4.78 is 115. The number of anilines is 2. The van der Waals surface area contributed by atoms with Crippen molar-refractivity contribution in [1.29, 1.82) is 0 Å². The summed E-state index contributed by atoms with van der Waals surface area (Å²) in [6.07, 6.45) is 20.6. The number of piperazine rings is 2. The Morgan fingerprint density at radius 3 is 1.36 bits per heavy atom. The first-order valence-corrected chi connectivity index (χ1v) is 44.0. The molecule has 2 amide bonds. The molecule has 588 valence electrons. The van der Waals surface area contributed by atoms with Crippen LogP contribution < -0.4 is 28.7 Å². The molecule has 16 atom stereocenters. The summed E-state index contributed by atoms with van der Waals surface area (Å²) in [6, 6.07) is 23.6. The van der Waals surface area contributed by atoms with Crippen molar-refractivity contribution in [3.05, 3.63) is 141 Å². The van der Waals surface area contributed by atoms with Gasteiger partial charge in [0.15, 0.2) is 0 Å². The summed E-state index contributed by atoms with van der Waals surface area (Å²) in [5.74, 6) is 0.613. The monoisotopic (exact) mass is 1560 g/mol. The van der Waals surface area contributed by atoms with Crippen LogP contribution in [0, 0.1) is 35.5 Å². The smallest absolute Gasteiger partial charge is 0.264 e. The van der Waals surface area contributed by atoms with E-state index in [9.17, 15) is 35.2 Å². The van der Waals surface area contributed by atoms with E-state index >= 15 is 0 Å². The van der Waals surface area contributed by atoms with Gasteiger partial charge in [0.1, 0.15) is 35.0 Å². The van der Waals surface area contributed by atoms with Gasteiger partial charge in [0.25, 0.3) is 11.8 Å². The lowest BCUT2D eigenvalue weighted by molar-refractivity contribution is -0.102. The molecule has 4 saturated heterocycles. The van der Waals surface area contributed by atoms with Crippen molar-refractivity contribution in [2.75, 3.05) is 129 Å².